The van der Waals surface area contributed by atoms with Gasteiger partial charge in [-0.2, -0.15) is 0 Å². The van der Waals surface area contributed by atoms with Gasteiger partial charge < -0.3 is 10.1 Å². The highest BCUT2D eigenvalue weighted by Gasteiger charge is 2.58. The van der Waals surface area contributed by atoms with Crippen LogP contribution in [0.4, 0.5) is 0 Å². The highest BCUT2D eigenvalue weighted by molar-refractivity contribution is 5.80. The second-order valence-corrected chi connectivity index (χ2v) is 5.00. The first-order valence-electron chi connectivity index (χ1n) is 5.53. The molecule has 0 bridgehead atoms. The summed E-state index contributed by atoms with van der Waals surface area (Å²) < 4.78 is 5.32. The standard InChI is InChI=1S/C11H19NO2/c1-8(2)7-14-10(13)11(3-4-11)9-5-12-6-9/h8-9,12H,3-7H2,1-2H3. The second-order valence-electron chi connectivity index (χ2n) is 5.00. The van der Waals surface area contributed by atoms with Crippen LogP contribution in [0.25, 0.3) is 0 Å². The van der Waals surface area contributed by atoms with Crippen molar-refractivity contribution in [1.82, 2.24) is 5.32 Å². The lowest BCUT2D eigenvalue weighted by Crippen LogP contribution is -2.49. The maximum atomic E-state index is 11.8. The van der Waals surface area contributed by atoms with Crippen molar-refractivity contribution in [2.75, 3.05) is 19.7 Å². The Bertz CT molecular complexity index is 229. The van der Waals surface area contributed by atoms with E-state index in [0.717, 1.165) is 25.9 Å². The van der Waals surface area contributed by atoms with E-state index in [1.807, 2.05) is 0 Å². The third-order valence-electron chi connectivity index (χ3n) is 3.31. The van der Waals surface area contributed by atoms with Gasteiger partial charge in [-0.3, -0.25) is 4.79 Å². The molecule has 1 aliphatic carbocycles. The van der Waals surface area contributed by atoms with E-state index in [2.05, 4.69) is 19.2 Å². The van der Waals surface area contributed by atoms with E-state index in [-0.39, 0.29) is 11.4 Å². The molecule has 2 rings (SSSR count). The van der Waals surface area contributed by atoms with E-state index in [4.69, 9.17) is 4.74 Å². The highest BCUT2D eigenvalue weighted by Crippen LogP contribution is 2.54. The molecule has 1 saturated carbocycles. The van der Waals surface area contributed by atoms with Gasteiger partial charge in [-0.15, -0.1) is 0 Å². The Morgan fingerprint density at radius 1 is 1.50 bits per heavy atom. The Labute approximate surface area is 85.2 Å². The highest BCUT2D eigenvalue weighted by atomic mass is 16.5. The topological polar surface area (TPSA) is 38.3 Å². The quantitative estimate of drug-likeness (QED) is 0.688. The van der Waals surface area contributed by atoms with Crippen molar-refractivity contribution in [3.8, 4) is 0 Å². The summed E-state index contributed by atoms with van der Waals surface area (Å²) >= 11 is 0. The summed E-state index contributed by atoms with van der Waals surface area (Å²) in [5, 5.41) is 3.22. The first-order valence-corrected chi connectivity index (χ1v) is 5.53. The van der Waals surface area contributed by atoms with Gasteiger partial charge in [-0.1, -0.05) is 13.8 Å². The molecule has 80 valence electrons. The molecule has 14 heavy (non-hydrogen) atoms. The Balaban J connectivity index is 1.84. The Morgan fingerprint density at radius 3 is 2.50 bits per heavy atom. The zero-order chi connectivity index (χ0) is 10.2. The van der Waals surface area contributed by atoms with Crippen molar-refractivity contribution in [2.45, 2.75) is 26.7 Å². The molecule has 3 nitrogen and oxygen atoms in total. The van der Waals surface area contributed by atoms with Gasteiger partial charge in [0.25, 0.3) is 0 Å². The van der Waals surface area contributed by atoms with Crippen LogP contribution in [0.15, 0.2) is 0 Å². The summed E-state index contributed by atoms with van der Waals surface area (Å²) in [4.78, 5) is 11.8. The molecule has 0 atom stereocenters. The number of nitrogens with one attached hydrogen (secondary N) is 1. The van der Waals surface area contributed by atoms with Crippen LogP contribution in [-0.4, -0.2) is 25.7 Å². The van der Waals surface area contributed by atoms with Crippen LogP contribution in [0.3, 0.4) is 0 Å². The largest absolute Gasteiger partial charge is 0.465 e. The van der Waals surface area contributed by atoms with Crippen LogP contribution in [0.1, 0.15) is 26.7 Å². The molecule has 0 unspecified atom stereocenters. The lowest BCUT2D eigenvalue weighted by atomic mass is 9.84. The Kier molecular flexibility index (Phi) is 2.52. The van der Waals surface area contributed by atoms with Crippen LogP contribution in [-0.2, 0) is 9.53 Å². The summed E-state index contributed by atoms with van der Waals surface area (Å²) in [6.07, 6.45) is 2.08. The molecule has 0 radical (unpaired) electrons. The van der Waals surface area contributed by atoms with Gasteiger partial charge in [0.15, 0.2) is 0 Å². The zero-order valence-electron chi connectivity index (χ0n) is 9.01. The lowest BCUT2D eigenvalue weighted by molar-refractivity contribution is -0.154. The normalized spacial score (nSPS) is 24.5. The fourth-order valence-corrected chi connectivity index (χ4v) is 1.98. The van der Waals surface area contributed by atoms with Gasteiger partial charge in [-0.05, 0) is 24.7 Å². The number of carbonyl (C=O) groups is 1. The van der Waals surface area contributed by atoms with Crippen molar-refractivity contribution in [3.05, 3.63) is 0 Å². The third-order valence-corrected chi connectivity index (χ3v) is 3.31. The van der Waals surface area contributed by atoms with Crippen molar-refractivity contribution < 1.29 is 9.53 Å². The van der Waals surface area contributed by atoms with E-state index in [1.54, 1.807) is 0 Å². The molecule has 3 heteroatoms. The van der Waals surface area contributed by atoms with E-state index in [9.17, 15) is 4.79 Å². The van der Waals surface area contributed by atoms with Crippen molar-refractivity contribution >= 4 is 5.97 Å². The molecular formula is C11H19NO2. The summed E-state index contributed by atoms with van der Waals surface area (Å²) in [7, 11) is 0. The van der Waals surface area contributed by atoms with Crippen molar-refractivity contribution in [1.29, 1.82) is 0 Å². The molecule has 1 saturated heterocycles. The number of hydrogen-bond acceptors (Lipinski definition) is 3. The van der Waals surface area contributed by atoms with Crippen LogP contribution < -0.4 is 5.32 Å². The monoisotopic (exact) mass is 197 g/mol. The molecule has 2 fully saturated rings. The first-order chi connectivity index (χ1) is 6.65. The molecule has 0 spiro atoms. The lowest BCUT2D eigenvalue weighted by Gasteiger charge is -2.33. The van der Waals surface area contributed by atoms with Crippen LogP contribution in [0.5, 0.6) is 0 Å². The number of esters is 1. The van der Waals surface area contributed by atoms with Crippen LogP contribution in [0, 0.1) is 17.3 Å². The summed E-state index contributed by atoms with van der Waals surface area (Å²) in [5.74, 6) is 1.04. The summed E-state index contributed by atoms with van der Waals surface area (Å²) in [6.45, 7) is 6.70. The molecule has 0 amide bonds. The maximum absolute atomic E-state index is 11.8. The van der Waals surface area contributed by atoms with Gasteiger partial charge in [0, 0.05) is 13.1 Å². The van der Waals surface area contributed by atoms with Crippen LogP contribution >= 0.6 is 0 Å². The predicted octanol–water partition coefficient (Wildman–Crippen LogP) is 1.19. The van der Waals surface area contributed by atoms with E-state index in [0.29, 0.717) is 18.4 Å². The second kappa shape index (κ2) is 3.54. The van der Waals surface area contributed by atoms with Crippen molar-refractivity contribution in [2.24, 2.45) is 17.3 Å². The SMILES string of the molecule is CC(C)COC(=O)C1(C2CNC2)CC1. The average Bonchev–Trinajstić information content (AvgIpc) is 2.78. The van der Waals surface area contributed by atoms with Gasteiger partial charge in [0.1, 0.15) is 0 Å². The fraction of sp³-hybridized carbons (Fsp3) is 0.909. The summed E-state index contributed by atoms with van der Waals surface area (Å²) in [6, 6.07) is 0. The maximum Gasteiger partial charge on any atom is 0.312 e. The summed E-state index contributed by atoms with van der Waals surface area (Å²) in [5.41, 5.74) is -0.0832. The predicted molar refractivity (Wildman–Crippen MR) is 53.8 cm³/mol. The first kappa shape index (κ1) is 9.97. The third kappa shape index (κ3) is 1.65. The smallest absolute Gasteiger partial charge is 0.312 e. The fourth-order valence-electron chi connectivity index (χ4n) is 1.98. The van der Waals surface area contributed by atoms with Gasteiger partial charge in [0.05, 0.1) is 12.0 Å². The Hall–Kier alpha value is -0.570. The molecule has 0 aromatic heterocycles. The number of hydrogen-bond donors (Lipinski definition) is 1. The number of ether oxygens (including phenoxy) is 1. The molecule has 1 heterocycles. The van der Waals surface area contributed by atoms with E-state index in [1.165, 1.54) is 0 Å². The molecule has 2 aliphatic rings. The molecule has 0 aromatic carbocycles. The minimum Gasteiger partial charge on any atom is -0.465 e. The van der Waals surface area contributed by atoms with E-state index < -0.39 is 0 Å². The molecule has 1 aliphatic heterocycles. The number of carbonyl (C=O) groups excluding carboxylic acids is 1. The van der Waals surface area contributed by atoms with Gasteiger partial charge >= 0.3 is 5.97 Å². The average molecular weight is 197 g/mol. The number of rotatable bonds is 4. The zero-order valence-corrected chi connectivity index (χ0v) is 9.01. The van der Waals surface area contributed by atoms with Gasteiger partial charge in [0.2, 0.25) is 0 Å². The van der Waals surface area contributed by atoms with E-state index >= 15 is 0 Å². The minimum absolute atomic E-state index is 0.0534. The molecular weight excluding hydrogens is 178 g/mol. The van der Waals surface area contributed by atoms with Gasteiger partial charge in [-0.25, -0.2) is 0 Å². The minimum atomic E-state index is -0.0832. The van der Waals surface area contributed by atoms with Crippen molar-refractivity contribution in [3.63, 3.8) is 0 Å². The molecule has 1 N–H and O–H groups in total. The van der Waals surface area contributed by atoms with Crippen LogP contribution in [0.2, 0.25) is 0 Å². The Morgan fingerprint density at radius 2 is 2.14 bits per heavy atom. The molecule has 0 aromatic rings.